The summed E-state index contributed by atoms with van der Waals surface area (Å²) in [5.41, 5.74) is 7.74. The molecule has 0 saturated carbocycles. The van der Waals surface area contributed by atoms with Gasteiger partial charge in [0.25, 0.3) is 0 Å². The normalized spacial score (nSPS) is 11.0. The van der Waals surface area contributed by atoms with Crippen LogP contribution in [0.4, 0.5) is 0 Å². The second kappa shape index (κ2) is 9.52. The molecule has 0 aliphatic heterocycles. The molecule has 0 radical (unpaired) electrons. The van der Waals surface area contributed by atoms with Crippen molar-refractivity contribution in [1.29, 1.82) is 0 Å². The lowest BCUT2D eigenvalue weighted by Gasteiger charge is -2.12. The highest BCUT2D eigenvalue weighted by Crippen LogP contribution is 2.17. The zero-order valence-corrected chi connectivity index (χ0v) is 18.1. The van der Waals surface area contributed by atoms with E-state index in [4.69, 9.17) is 0 Å². The summed E-state index contributed by atoms with van der Waals surface area (Å²) in [7, 11) is 0. The number of nitrogens with zero attached hydrogens (tertiary/aromatic N) is 3. The monoisotopic (exact) mass is 417 g/mol. The van der Waals surface area contributed by atoms with Crippen LogP contribution < -0.4 is 0 Å². The van der Waals surface area contributed by atoms with Gasteiger partial charge in [-0.25, -0.2) is 0 Å². The topological polar surface area (TPSA) is 22.8 Å². The molecule has 0 aliphatic rings. The standard InChI is InChI=1S/C29H27N3/c1-3-9-24(10-4-1)22-31-15-7-13-28(31)18-26-17-27(21-30-20-26)19-29-14-8-16-32(29)23-25-11-5-2-6-12-25/h1-17,20-21H,18-19,22-23H2. The summed E-state index contributed by atoms with van der Waals surface area (Å²) in [4.78, 5) is 4.55. The van der Waals surface area contributed by atoms with E-state index in [1.165, 1.54) is 33.6 Å². The first-order chi connectivity index (χ1) is 15.8. The van der Waals surface area contributed by atoms with Crippen LogP contribution in [0.1, 0.15) is 33.6 Å². The second-order valence-corrected chi connectivity index (χ2v) is 8.28. The molecule has 5 aromatic rings. The molecule has 0 bridgehead atoms. The summed E-state index contributed by atoms with van der Waals surface area (Å²) < 4.78 is 4.65. The molecule has 0 fully saturated rings. The fourth-order valence-electron chi connectivity index (χ4n) is 4.24. The Kier molecular flexibility index (Phi) is 5.98. The van der Waals surface area contributed by atoms with Gasteiger partial charge in [-0.15, -0.1) is 0 Å². The molecule has 0 N–H and O–H groups in total. The zero-order valence-electron chi connectivity index (χ0n) is 18.1. The van der Waals surface area contributed by atoms with Crippen LogP contribution >= 0.6 is 0 Å². The van der Waals surface area contributed by atoms with Crippen molar-refractivity contribution in [2.75, 3.05) is 0 Å². The predicted molar refractivity (Wildman–Crippen MR) is 130 cm³/mol. The number of rotatable bonds is 8. The third-order valence-corrected chi connectivity index (χ3v) is 5.86. The molecule has 3 nitrogen and oxygen atoms in total. The minimum absolute atomic E-state index is 0.881. The van der Waals surface area contributed by atoms with E-state index in [0.29, 0.717) is 0 Å². The van der Waals surface area contributed by atoms with Crippen molar-refractivity contribution in [3.63, 3.8) is 0 Å². The van der Waals surface area contributed by atoms with Crippen LogP contribution in [-0.4, -0.2) is 14.1 Å². The van der Waals surface area contributed by atoms with Crippen molar-refractivity contribution in [3.8, 4) is 0 Å². The van der Waals surface area contributed by atoms with Gasteiger partial charge in [0.2, 0.25) is 0 Å². The molecule has 0 atom stereocenters. The molecular formula is C29H27N3. The van der Waals surface area contributed by atoms with E-state index in [9.17, 15) is 0 Å². The van der Waals surface area contributed by atoms with Crippen LogP contribution in [0.5, 0.6) is 0 Å². The summed E-state index contributed by atoms with van der Waals surface area (Å²) >= 11 is 0. The first kappa shape index (κ1) is 20.1. The lowest BCUT2D eigenvalue weighted by molar-refractivity contribution is 0.753. The predicted octanol–water partition coefficient (Wildman–Crippen LogP) is 5.96. The lowest BCUT2D eigenvalue weighted by atomic mass is 10.1. The Morgan fingerprint density at radius 1 is 0.500 bits per heavy atom. The highest BCUT2D eigenvalue weighted by atomic mass is 15.0. The smallest absolute Gasteiger partial charge is 0.0472 e. The fraction of sp³-hybridized carbons (Fsp3) is 0.138. The van der Waals surface area contributed by atoms with Gasteiger partial charge in [0.05, 0.1) is 0 Å². The maximum atomic E-state index is 4.55. The van der Waals surface area contributed by atoms with Crippen molar-refractivity contribution < 1.29 is 0 Å². The second-order valence-electron chi connectivity index (χ2n) is 8.28. The third kappa shape index (κ3) is 4.89. The Morgan fingerprint density at radius 2 is 0.969 bits per heavy atom. The van der Waals surface area contributed by atoms with Crippen LogP contribution in [0, 0.1) is 0 Å². The maximum Gasteiger partial charge on any atom is 0.0472 e. The van der Waals surface area contributed by atoms with Crippen LogP contribution in [0.25, 0.3) is 0 Å². The van der Waals surface area contributed by atoms with Gasteiger partial charge in [-0.3, -0.25) is 4.98 Å². The van der Waals surface area contributed by atoms with Gasteiger partial charge in [-0.1, -0.05) is 66.7 Å². The lowest BCUT2D eigenvalue weighted by Crippen LogP contribution is -2.05. The molecule has 0 unspecified atom stereocenters. The summed E-state index contributed by atoms with van der Waals surface area (Å²) in [5.74, 6) is 0. The molecule has 0 aliphatic carbocycles. The SMILES string of the molecule is c1ccc(Cn2cccc2Cc2cncc(Cc3cccn3Cc3ccccc3)c2)cc1. The quantitative estimate of drug-likeness (QED) is 0.305. The molecule has 158 valence electrons. The van der Waals surface area contributed by atoms with E-state index in [1.807, 2.05) is 12.4 Å². The average molecular weight is 418 g/mol. The fourth-order valence-corrected chi connectivity index (χ4v) is 4.24. The molecule has 3 heteroatoms. The van der Waals surface area contributed by atoms with Gasteiger partial charge in [0, 0.05) is 62.1 Å². The van der Waals surface area contributed by atoms with Crippen LogP contribution in [-0.2, 0) is 25.9 Å². The van der Waals surface area contributed by atoms with Crippen molar-refractivity contribution in [1.82, 2.24) is 14.1 Å². The van der Waals surface area contributed by atoms with Crippen molar-refractivity contribution in [2.24, 2.45) is 0 Å². The Balaban J connectivity index is 1.30. The molecule has 5 rings (SSSR count). The van der Waals surface area contributed by atoms with Crippen molar-refractivity contribution >= 4 is 0 Å². The maximum absolute atomic E-state index is 4.55. The van der Waals surface area contributed by atoms with E-state index in [2.05, 4.69) is 118 Å². The van der Waals surface area contributed by atoms with Gasteiger partial charge in [0.15, 0.2) is 0 Å². The molecule has 0 amide bonds. The van der Waals surface area contributed by atoms with E-state index in [-0.39, 0.29) is 0 Å². The minimum Gasteiger partial charge on any atom is -0.347 e. The number of hydrogen-bond donors (Lipinski definition) is 0. The number of aromatic nitrogens is 3. The van der Waals surface area contributed by atoms with Crippen LogP contribution in [0.2, 0.25) is 0 Å². The zero-order chi connectivity index (χ0) is 21.6. The summed E-state index contributed by atoms with van der Waals surface area (Å²) in [6.45, 7) is 1.78. The van der Waals surface area contributed by atoms with Crippen LogP contribution in [0.3, 0.4) is 0 Å². The highest BCUT2D eigenvalue weighted by molar-refractivity contribution is 5.28. The Labute approximate surface area is 189 Å². The Morgan fingerprint density at radius 3 is 1.44 bits per heavy atom. The number of benzene rings is 2. The van der Waals surface area contributed by atoms with Gasteiger partial charge >= 0.3 is 0 Å². The number of hydrogen-bond acceptors (Lipinski definition) is 1. The first-order valence-electron chi connectivity index (χ1n) is 11.1. The van der Waals surface area contributed by atoms with Crippen molar-refractivity contribution in [2.45, 2.75) is 25.9 Å². The molecule has 2 aromatic carbocycles. The molecule has 0 saturated heterocycles. The molecular weight excluding hydrogens is 390 g/mol. The average Bonchev–Trinajstić information content (AvgIpc) is 3.45. The van der Waals surface area contributed by atoms with Gasteiger partial charge in [0.1, 0.15) is 0 Å². The van der Waals surface area contributed by atoms with Crippen LogP contribution in [0.15, 0.2) is 116 Å². The summed E-state index contributed by atoms with van der Waals surface area (Å²) in [6, 6.07) is 32.2. The third-order valence-electron chi connectivity index (χ3n) is 5.86. The van der Waals surface area contributed by atoms with Gasteiger partial charge in [-0.05, 0) is 46.5 Å². The van der Waals surface area contributed by atoms with Gasteiger partial charge < -0.3 is 9.13 Å². The Bertz CT molecular complexity index is 1170. The molecule has 0 spiro atoms. The van der Waals surface area contributed by atoms with Gasteiger partial charge in [-0.2, -0.15) is 0 Å². The Hall–Kier alpha value is -3.85. The largest absolute Gasteiger partial charge is 0.347 e. The molecule has 3 heterocycles. The summed E-state index contributed by atoms with van der Waals surface area (Å²) in [6.07, 6.45) is 10.1. The van der Waals surface area contributed by atoms with E-state index >= 15 is 0 Å². The first-order valence-corrected chi connectivity index (χ1v) is 11.1. The molecule has 3 aromatic heterocycles. The van der Waals surface area contributed by atoms with E-state index < -0.39 is 0 Å². The van der Waals surface area contributed by atoms with E-state index in [1.54, 1.807) is 0 Å². The van der Waals surface area contributed by atoms with E-state index in [0.717, 1.165) is 25.9 Å². The van der Waals surface area contributed by atoms with Crippen molar-refractivity contribution in [3.05, 3.63) is 149 Å². The highest BCUT2D eigenvalue weighted by Gasteiger charge is 2.07. The summed E-state index contributed by atoms with van der Waals surface area (Å²) in [5, 5.41) is 0. The minimum atomic E-state index is 0.881. The number of pyridine rings is 1. The molecule has 32 heavy (non-hydrogen) atoms.